The lowest BCUT2D eigenvalue weighted by atomic mass is 9.59. The third-order valence-electron chi connectivity index (χ3n) is 7.32. The van der Waals surface area contributed by atoms with Gasteiger partial charge in [-0.3, -0.25) is 9.59 Å². The van der Waals surface area contributed by atoms with E-state index in [-0.39, 0.29) is 17.2 Å². The Hall–Kier alpha value is -2.21. The van der Waals surface area contributed by atoms with Gasteiger partial charge >= 0.3 is 0 Å². The normalized spacial score (nSPS) is 24.8. The van der Waals surface area contributed by atoms with Crippen LogP contribution in [0.1, 0.15) is 77.5 Å². The van der Waals surface area contributed by atoms with Crippen LogP contribution in [0.25, 0.3) is 0 Å². The van der Waals surface area contributed by atoms with Crippen molar-refractivity contribution in [2.75, 3.05) is 10.6 Å². The van der Waals surface area contributed by atoms with Crippen LogP contribution in [0.4, 0.5) is 10.8 Å². The van der Waals surface area contributed by atoms with Crippen LogP contribution in [0.15, 0.2) is 12.1 Å². The summed E-state index contributed by atoms with van der Waals surface area (Å²) in [5, 5.41) is 6.65. The number of amides is 2. The summed E-state index contributed by atoms with van der Waals surface area (Å²) in [6.45, 7) is 10.0. The summed E-state index contributed by atoms with van der Waals surface area (Å²) in [6, 6.07) is 4.13. The Labute approximate surface area is 195 Å². The van der Waals surface area contributed by atoms with Gasteiger partial charge in [-0.05, 0) is 95.6 Å². The molecule has 3 atom stereocenters. The molecule has 6 heteroatoms. The molecule has 2 amide bonds. The quantitative estimate of drug-likeness (QED) is 0.553. The maximum Gasteiger partial charge on any atom is 0.267 e. The number of hydrogen-bond acceptors (Lipinski definition) is 4. The van der Waals surface area contributed by atoms with Crippen molar-refractivity contribution in [3.63, 3.8) is 0 Å². The Bertz CT molecular complexity index is 1010. The van der Waals surface area contributed by atoms with Crippen LogP contribution >= 0.6 is 11.3 Å². The lowest BCUT2D eigenvalue weighted by Gasteiger charge is -2.45. The van der Waals surface area contributed by atoms with Crippen LogP contribution in [-0.2, 0) is 4.79 Å². The van der Waals surface area contributed by atoms with Crippen molar-refractivity contribution in [1.82, 2.24) is 4.98 Å². The van der Waals surface area contributed by atoms with Crippen LogP contribution in [-0.4, -0.2) is 16.8 Å². The van der Waals surface area contributed by atoms with Crippen LogP contribution < -0.4 is 10.6 Å². The van der Waals surface area contributed by atoms with Gasteiger partial charge < -0.3 is 10.6 Å². The van der Waals surface area contributed by atoms with Crippen molar-refractivity contribution in [2.24, 2.45) is 17.3 Å². The van der Waals surface area contributed by atoms with E-state index >= 15 is 0 Å². The first-order valence-corrected chi connectivity index (χ1v) is 12.5. The number of hydrogen-bond donors (Lipinski definition) is 2. The Morgan fingerprint density at radius 3 is 2.28 bits per heavy atom. The Balaban J connectivity index is 1.50. The number of nitrogens with zero attached hydrogens (tertiary/aromatic N) is 1. The molecule has 5 nitrogen and oxygen atoms in total. The fourth-order valence-corrected chi connectivity index (χ4v) is 6.68. The molecule has 1 heterocycles. The fourth-order valence-electron chi connectivity index (χ4n) is 5.83. The van der Waals surface area contributed by atoms with Gasteiger partial charge in [0.25, 0.3) is 5.91 Å². The molecular formula is C26H34N3O2S. The number of fused-ring (bicyclic) bond motifs is 2. The molecule has 0 aliphatic heterocycles. The van der Waals surface area contributed by atoms with Gasteiger partial charge in [0.05, 0.1) is 5.69 Å². The zero-order valence-corrected chi connectivity index (χ0v) is 20.6. The maximum atomic E-state index is 13.4. The molecule has 2 fully saturated rings. The highest BCUT2D eigenvalue weighted by atomic mass is 32.1. The molecule has 2 aliphatic carbocycles. The van der Waals surface area contributed by atoms with E-state index < -0.39 is 0 Å². The van der Waals surface area contributed by atoms with Crippen molar-refractivity contribution >= 4 is 34.0 Å². The minimum absolute atomic E-state index is 0.0718. The second-order valence-electron chi connectivity index (χ2n) is 9.89. The Kier molecular flexibility index (Phi) is 6.44. The van der Waals surface area contributed by atoms with Crippen molar-refractivity contribution < 1.29 is 9.59 Å². The van der Waals surface area contributed by atoms with Gasteiger partial charge in [-0.25, -0.2) is 4.98 Å². The molecule has 171 valence electrons. The first-order chi connectivity index (χ1) is 15.2. The number of carbonyl (C=O) groups is 2. The summed E-state index contributed by atoms with van der Waals surface area (Å²) in [6.07, 6.45) is 8.66. The Morgan fingerprint density at radius 2 is 1.69 bits per heavy atom. The SMILES string of the molecule is CCC1(C(=O)Nc2nc(C)c(C(=O)Nc3c(C)cc(C)cc3C)s2)C[C@@H]2C[CH]C[C@@H](C2)C1. The third-order valence-corrected chi connectivity index (χ3v) is 8.39. The standard InChI is InChI=1S/C26H34N3O2S/c1-6-26(13-19-8-7-9-20(12-19)14-26)24(31)29-25-27-18(5)22(32-25)23(30)28-21-16(3)10-15(2)11-17(21)4/h7,10-11,19-20H,6,8-9,12-14H2,1-5H3,(H,28,30)(H,27,29,31)/t19-,20+,26?. The average Bonchev–Trinajstić information content (AvgIpc) is 3.10. The molecule has 0 saturated heterocycles. The molecule has 2 aromatic rings. The third kappa shape index (κ3) is 4.47. The first kappa shape index (κ1) is 23.0. The topological polar surface area (TPSA) is 71.1 Å². The summed E-state index contributed by atoms with van der Waals surface area (Å²) in [4.78, 5) is 31.5. The number of nitrogens with one attached hydrogen (secondary N) is 2. The number of aryl methyl sites for hydroxylation is 4. The lowest BCUT2D eigenvalue weighted by molar-refractivity contribution is -0.130. The highest BCUT2D eigenvalue weighted by Crippen LogP contribution is 2.50. The van der Waals surface area contributed by atoms with Gasteiger partial charge in [0.2, 0.25) is 5.91 Å². The summed E-state index contributed by atoms with van der Waals surface area (Å²) < 4.78 is 0. The number of aromatic nitrogens is 1. The maximum absolute atomic E-state index is 13.4. The molecule has 0 spiro atoms. The smallest absolute Gasteiger partial charge is 0.267 e. The van der Waals surface area contributed by atoms with E-state index in [1.54, 1.807) is 0 Å². The largest absolute Gasteiger partial charge is 0.321 e. The molecule has 1 unspecified atom stereocenters. The fraction of sp³-hybridized carbons (Fsp3) is 0.538. The number of thiazole rings is 1. The van der Waals surface area contributed by atoms with E-state index in [1.807, 2.05) is 20.8 Å². The van der Waals surface area contributed by atoms with Gasteiger partial charge in [0.1, 0.15) is 4.88 Å². The number of anilines is 2. The van der Waals surface area contributed by atoms with Gasteiger partial charge in [-0.15, -0.1) is 0 Å². The van der Waals surface area contributed by atoms with Crippen molar-refractivity contribution in [1.29, 1.82) is 0 Å². The molecule has 2 saturated carbocycles. The van der Waals surface area contributed by atoms with E-state index in [0.717, 1.165) is 48.9 Å². The summed E-state index contributed by atoms with van der Waals surface area (Å²) in [5.74, 6) is 1.13. The number of carbonyl (C=O) groups excluding carboxylic acids is 2. The van der Waals surface area contributed by atoms with Crippen LogP contribution in [0.5, 0.6) is 0 Å². The molecule has 32 heavy (non-hydrogen) atoms. The predicted molar refractivity (Wildman–Crippen MR) is 131 cm³/mol. The molecule has 2 N–H and O–H groups in total. The molecule has 1 aromatic carbocycles. The molecular weight excluding hydrogens is 418 g/mol. The lowest BCUT2D eigenvalue weighted by Crippen LogP contribution is -2.44. The Morgan fingerprint density at radius 1 is 1.06 bits per heavy atom. The van der Waals surface area contributed by atoms with Gasteiger partial charge in [-0.1, -0.05) is 36.0 Å². The van der Waals surface area contributed by atoms with Crippen molar-refractivity contribution in [2.45, 2.75) is 73.1 Å². The molecule has 4 rings (SSSR count). The number of benzene rings is 1. The van der Waals surface area contributed by atoms with E-state index in [9.17, 15) is 9.59 Å². The van der Waals surface area contributed by atoms with Crippen LogP contribution in [0.3, 0.4) is 0 Å². The molecule has 2 aliphatic rings. The highest BCUT2D eigenvalue weighted by molar-refractivity contribution is 7.17. The van der Waals surface area contributed by atoms with Crippen LogP contribution in [0, 0.1) is 51.4 Å². The predicted octanol–water partition coefficient (Wildman–Crippen LogP) is 6.38. The molecule has 1 aromatic heterocycles. The van der Waals surface area contributed by atoms with E-state index in [0.29, 0.717) is 27.5 Å². The second kappa shape index (κ2) is 8.97. The second-order valence-corrected chi connectivity index (χ2v) is 10.9. The summed E-state index contributed by atoms with van der Waals surface area (Å²) in [5.41, 5.74) is 4.42. The molecule has 2 bridgehead atoms. The first-order valence-electron chi connectivity index (χ1n) is 11.7. The van der Waals surface area contributed by atoms with E-state index in [1.165, 1.54) is 23.3 Å². The average molecular weight is 453 g/mol. The summed E-state index contributed by atoms with van der Waals surface area (Å²) in [7, 11) is 0. The summed E-state index contributed by atoms with van der Waals surface area (Å²) >= 11 is 1.26. The van der Waals surface area contributed by atoms with Crippen molar-refractivity contribution in [3.05, 3.63) is 45.8 Å². The van der Waals surface area contributed by atoms with E-state index in [2.05, 4.69) is 48.0 Å². The zero-order chi connectivity index (χ0) is 23.0. The molecule has 1 radical (unpaired) electrons. The van der Waals surface area contributed by atoms with Crippen molar-refractivity contribution in [3.8, 4) is 0 Å². The highest BCUT2D eigenvalue weighted by Gasteiger charge is 2.46. The zero-order valence-electron chi connectivity index (χ0n) is 19.8. The minimum Gasteiger partial charge on any atom is -0.321 e. The van der Waals surface area contributed by atoms with Gasteiger partial charge in [0.15, 0.2) is 5.13 Å². The van der Waals surface area contributed by atoms with Gasteiger partial charge in [-0.2, -0.15) is 0 Å². The number of rotatable bonds is 5. The minimum atomic E-state index is -0.319. The monoisotopic (exact) mass is 452 g/mol. The van der Waals surface area contributed by atoms with Gasteiger partial charge in [0, 0.05) is 11.1 Å². The van der Waals surface area contributed by atoms with E-state index in [4.69, 9.17) is 0 Å². The van der Waals surface area contributed by atoms with Crippen LogP contribution in [0.2, 0.25) is 0 Å².